The Bertz CT molecular complexity index is 3000. The van der Waals surface area contributed by atoms with E-state index in [4.69, 9.17) is 9.97 Å². The van der Waals surface area contributed by atoms with E-state index in [1.54, 1.807) is 0 Å². The molecule has 0 N–H and O–H groups in total. The number of fused-ring (bicyclic) bond motifs is 4. The van der Waals surface area contributed by atoms with E-state index < -0.39 is 0 Å². The van der Waals surface area contributed by atoms with Crippen LogP contribution in [0.4, 0.5) is 0 Å². The Morgan fingerprint density at radius 2 is 0.860 bits per heavy atom. The summed E-state index contributed by atoms with van der Waals surface area (Å²) in [5.41, 5.74) is 17.3. The Hall–Kier alpha value is -7.56. The van der Waals surface area contributed by atoms with Crippen LogP contribution in [-0.2, 0) is 0 Å². The van der Waals surface area contributed by atoms with E-state index in [9.17, 15) is 0 Å². The van der Waals surface area contributed by atoms with Crippen LogP contribution in [0.1, 0.15) is 18.2 Å². The van der Waals surface area contributed by atoms with Gasteiger partial charge < -0.3 is 0 Å². The highest BCUT2D eigenvalue weighted by Crippen LogP contribution is 2.39. The zero-order chi connectivity index (χ0) is 38.3. The van der Waals surface area contributed by atoms with Gasteiger partial charge in [0.05, 0.1) is 11.2 Å². The van der Waals surface area contributed by atoms with Crippen molar-refractivity contribution in [1.29, 1.82) is 0 Å². The number of hydrogen-bond acceptors (Lipinski definition) is 2. The molecular formula is C53H38N4. The van der Waals surface area contributed by atoms with E-state index in [1.165, 1.54) is 0 Å². The number of hydrogen-bond donors (Lipinski definition) is 0. The van der Waals surface area contributed by atoms with E-state index in [0.29, 0.717) is 0 Å². The van der Waals surface area contributed by atoms with Crippen molar-refractivity contribution in [1.82, 2.24) is 19.1 Å². The van der Waals surface area contributed by atoms with Crippen molar-refractivity contribution in [2.75, 3.05) is 0 Å². The van der Waals surface area contributed by atoms with Gasteiger partial charge in [-0.1, -0.05) is 158 Å². The summed E-state index contributed by atoms with van der Waals surface area (Å²) in [6.07, 6.45) is 6.14. The molecule has 4 nitrogen and oxygen atoms in total. The molecule has 3 aromatic heterocycles. The van der Waals surface area contributed by atoms with Crippen molar-refractivity contribution < 1.29 is 0 Å². The fourth-order valence-corrected chi connectivity index (χ4v) is 8.15. The molecule has 0 spiro atoms. The highest BCUT2D eigenvalue weighted by molar-refractivity contribution is 6.09. The molecule has 7 aromatic carbocycles. The fraction of sp³-hybridized carbons (Fsp3) is 0.0189. The van der Waals surface area contributed by atoms with E-state index in [2.05, 4.69) is 210 Å². The summed E-state index contributed by atoms with van der Waals surface area (Å²) in [7, 11) is 0. The Morgan fingerprint density at radius 1 is 0.439 bits per heavy atom. The summed E-state index contributed by atoms with van der Waals surface area (Å²) in [6, 6.07) is 64.4. The number of para-hydroxylation sites is 1. The van der Waals surface area contributed by atoms with Crippen LogP contribution < -0.4 is 0 Å². The second-order valence-electron chi connectivity index (χ2n) is 14.3. The van der Waals surface area contributed by atoms with Gasteiger partial charge in [0.2, 0.25) is 0 Å². The minimum Gasteiger partial charge on any atom is -0.292 e. The topological polar surface area (TPSA) is 35.6 Å². The van der Waals surface area contributed by atoms with Crippen LogP contribution in [-0.4, -0.2) is 19.1 Å². The van der Waals surface area contributed by atoms with Gasteiger partial charge in [-0.2, -0.15) is 0 Å². The van der Waals surface area contributed by atoms with Gasteiger partial charge >= 0.3 is 0 Å². The van der Waals surface area contributed by atoms with Crippen molar-refractivity contribution in [2.24, 2.45) is 0 Å². The quantitative estimate of drug-likeness (QED) is 0.156. The molecule has 0 unspecified atom stereocenters. The zero-order valence-electron chi connectivity index (χ0n) is 31.5. The SMILES string of the molecule is C=Cc1c(/C=C\C)n(-c2cc(-c3ccccc3)cc(-c3ccccc3)c2)c2nc3c(nc12)c1ccccc1n3-c1cc(-c2ccccc2)cc(-c2ccccc2)c1. The van der Waals surface area contributed by atoms with Crippen molar-refractivity contribution in [3.63, 3.8) is 0 Å². The van der Waals surface area contributed by atoms with Gasteiger partial charge in [0.15, 0.2) is 11.3 Å². The van der Waals surface area contributed by atoms with Crippen LogP contribution in [0.15, 0.2) is 195 Å². The van der Waals surface area contributed by atoms with Crippen LogP contribution in [0.2, 0.25) is 0 Å². The summed E-state index contributed by atoms with van der Waals surface area (Å²) in [6.45, 7) is 6.36. The molecule has 270 valence electrons. The molecule has 0 amide bonds. The van der Waals surface area contributed by atoms with Crippen molar-refractivity contribution in [3.05, 3.63) is 206 Å². The number of aromatic nitrogens is 4. The Labute approximate surface area is 332 Å². The lowest BCUT2D eigenvalue weighted by molar-refractivity contribution is 1.06. The highest BCUT2D eigenvalue weighted by atomic mass is 15.1. The van der Waals surface area contributed by atoms with Crippen molar-refractivity contribution >= 4 is 45.4 Å². The maximum Gasteiger partial charge on any atom is 0.166 e. The summed E-state index contributed by atoms with van der Waals surface area (Å²) < 4.78 is 4.54. The maximum absolute atomic E-state index is 5.67. The lowest BCUT2D eigenvalue weighted by Crippen LogP contribution is -2.02. The molecule has 0 atom stereocenters. The van der Waals surface area contributed by atoms with Crippen LogP contribution in [0.25, 0.3) is 101 Å². The molecule has 0 aliphatic rings. The molecule has 0 saturated carbocycles. The average Bonchev–Trinajstić information content (AvgIpc) is 3.77. The highest BCUT2D eigenvalue weighted by Gasteiger charge is 2.24. The first-order valence-electron chi connectivity index (χ1n) is 19.3. The van der Waals surface area contributed by atoms with Gasteiger partial charge in [-0.3, -0.25) is 9.13 Å². The second kappa shape index (κ2) is 14.3. The molecule has 10 rings (SSSR count). The first-order valence-corrected chi connectivity index (χ1v) is 19.3. The van der Waals surface area contributed by atoms with Gasteiger partial charge in [0.1, 0.15) is 11.0 Å². The molecule has 0 radical (unpaired) electrons. The number of nitrogens with zero attached hydrogens (tertiary/aromatic N) is 4. The average molecular weight is 731 g/mol. The Kier molecular flexibility index (Phi) is 8.50. The first-order chi connectivity index (χ1) is 28.2. The van der Waals surface area contributed by atoms with Crippen LogP contribution in [0.5, 0.6) is 0 Å². The second-order valence-corrected chi connectivity index (χ2v) is 14.3. The monoisotopic (exact) mass is 730 g/mol. The molecule has 57 heavy (non-hydrogen) atoms. The van der Waals surface area contributed by atoms with Crippen molar-refractivity contribution in [3.8, 4) is 55.9 Å². The number of allylic oxidation sites excluding steroid dienone is 1. The van der Waals surface area contributed by atoms with E-state index in [1.807, 2.05) is 13.0 Å². The largest absolute Gasteiger partial charge is 0.292 e. The van der Waals surface area contributed by atoms with Gasteiger partial charge in [0, 0.05) is 22.3 Å². The molecule has 0 fully saturated rings. The fourth-order valence-electron chi connectivity index (χ4n) is 8.15. The number of benzene rings is 7. The zero-order valence-corrected chi connectivity index (χ0v) is 31.5. The number of rotatable bonds is 8. The summed E-state index contributed by atoms with van der Waals surface area (Å²) in [5, 5.41) is 1.04. The molecule has 0 aliphatic carbocycles. The van der Waals surface area contributed by atoms with Crippen LogP contribution >= 0.6 is 0 Å². The molecule has 0 bridgehead atoms. The molecule has 0 saturated heterocycles. The Morgan fingerprint density at radius 3 is 1.32 bits per heavy atom. The van der Waals surface area contributed by atoms with Gasteiger partial charge in [-0.15, -0.1) is 0 Å². The summed E-state index contributed by atoms with van der Waals surface area (Å²) >= 11 is 0. The lowest BCUT2D eigenvalue weighted by atomic mass is 9.98. The van der Waals surface area contributed by atoms with E-state index in [0.717, 1.165) is 100 Å². The molecule has 0 aliphatic heterocycles. The lowest BCUT2D eigenvalue weighted by Gasteiger charge is -2.15. The third-order valence-electron chi connectivity index (χ3n) is 10.8. The van der Waals surface area contributed by atoms with Crippen molar-refractivity contribution in [2.45, 2.75) is 6.92 Å². The normalized spacial score (nSPS) is 11.6. The third kappa shape index (κ3) is 5.96. The van der Waals surface area contributed by atoms with Crippen LogP contribution in [0, 0.1) is 0 Å². The Balaban J connectivity index is 1.30. The minimum absolute atomic E-state index is 0.765. The standard InChI is InChI=1S/C53H38N4/c1-3-19-48-46(4-2)50-52(56(48)44-32-40(36-20-9-5-10-21-36)30-41(33-44)37-22-11-6-12-23-37)55-53-51(54-50)47-28-17-18-29-49(47)57(53)45-34-42(38-24-13-7-14-25-38)31-43(35-45)39-26-15-8-16-27-39/h3-35H,2H2,1H3/b19-3-. The molecular weight excluding hydrogens is 693 g/mol. The smallest absolute Gasteiger partial charge is 0.166 e. The molecule has 10 aromatic rings. The van der Waals surface area contributed by atoms with Gasteiger partial charge in [0.25, 0.3) is 0 Å². The summed E-state index contributed by atoms with van der Waals surface area (Å²) in [4.78, 5) is 11.2. The van der Waals surface area contributed by atoms with E-state index in [-0.39, 0.29) is 0 Å². The van der Waals surface area contributed by atoms with Gasteiger partial charge in [-0.05, 0) is 100.0 Å². The summed E-state index contributed by atoms with van der Waals surface area (Å²) in [5.74, 6) is 0. The van der Waals surface area contributed by atoms with E-state index >= 15 is 0 Å². The molecule has 3 heterocycles. The van der Waals surface area contributed by atoms with Crippen LogP contribution in [0.3, 0.4) is 0 Å². The third-order valence-corrected chi connectivity index (χ3v) is 10.8. The first kappa shape index (κ1) is 34.0. The van der Waals surface area contributed by atoms with Gasteiger partial charge in [-0.25, -0.2) is 9.97 Å². The maximum atomic E-state index is 5.67. The minimum atomic E-state index is 0.765. The molecule has 4 heteroatoms. The predicted octanol–water partition coefficient (Wildman–Crippen LogP) is 13.9. The predicted molar refractivity (Wildman–Crippen MR) is 240 cm³/mol.